The third kappa shape index (κ3) is 4.47. The number of hydrogen-bond acceptors (Lipinski definition) is 7. The van der Waals surface area contributed by atoms with Gasteiger partial charge in [0.2, 0.25) is 0 Å². The molecule has 4 rings (SSSR count). The third-order valence-corrected chi connectivity index (χ3v) is 6.73. The molecule has 2 aromatic heterocycles. The lowest BCUT2D eigenvalue weighted by molar-refractivity contribution is 0.0954. The Hall–Kier alpha value is -2.78. The molecule has 1 saturated heterocycles. The molecular formula is C22H27FN6OS. The van der Waals surface area contributed by atoms with Gasteiger partial charge in [-0.1, -0.05) is 12.1 Å². The van der Waals surface area contributed by atoms with E-state index in [9.17, 15) is 9.18 Å². The Morgan fingerprint density at radius 2 is 1.87 bits per heavy atom. The Morgan fingerprint density at radius 3 is 2.58 bits per heavy atom. The van der Waals surface area contributed by atoms with Gasteiger partial charge in [0.05, 0.1) is 16.0 Å². The van der Waals surface area contributed by atoms with Gasteiger partial charge in [0.25, 0.3) is 5.91 Å². The van der Waals surface area contributed by atoms with Gasteiger partial charge in [-0.2, -0.15) is 0 Å². The number of nitrogens with zero attached hydrogens (tertiary/aromatic N) is 5. The summed E-state index contributed by atoms with van der Waals surface area (Å²) in [4.78, 5) is 29.5. The zero-order valence-electron chi connectivity index (χ0n) is 18.1. The summed E-state index contributed by atoms with van der Waals surface area (Å²) >= 11 is 1.40. The predicted octanol–water partition coefficient (Wildman–Crippen LogP) is 2.76. The van der Waals surface area contributed by atoms with Crippen molar-refractivity contribution >= 4 is 39.0 Å². The molecule has 1 amide bonds. The lowest BCUT2D eigenvalue weighted by atomic mass is 10.1. The van der Waals surface area contributed by atoms with Gasteiger partial charge in [-0.05, 0) is 38.7 Å². The van der Waals surface area contributed by atoms with E-state index >= 15 is 0 Å². The molecule has 1 fully saturated rings. The van der Waals surface area contributed by atoms with Crippen LogP contribution in [0.3, 0.4) is 0 Å². The zero-order valence-corrected chi connectivity index (χ0v) is 18.9. The average molecular weight is 443 g/mol. The smallest absolute Gasteiger partial charge is 0.261 e. The maximum atomic E-state index is 14.2. The maximum Gasteiger partial charge on any atom is 0.261 e. The highest BCUT2D eigenvalue weighted by Crippen LogP contribution is 2.35. The van der Waals surface area contributed by atoms with Crippen molar-refractivity contribution in [3.05, 3.63) is 46.9 Å². The van der Waals surface area contributed by atoms with E-state index in [4.69, 9.17) is 0 Å². The lowest BCUT2D eigenvalue weighted by Crippen LogP contribution is -2.47. The molecule has 1 aliphatic heterocycles. The number of thiophene rings is 1. The standard InChI is InChI=1S/C22H27FN6OS/c1-15-18-20(29-12-10-28(11-13-29)17-7-5-4-6-16(17)23)25-14-26-22(18)31-19(15)21(30)24-8-9-27(2)3/h4-7,14H,8-13H2,1-3H3,(H,24,30). The topological polar surface area (TPSA) is 64.6 Å². The molecule has 7 nitrogen and oxygen atoms in total. The monoisotopic (exact) mass is 442 g/mol. The number of fused-ring (bicyclic) bond motifs is 1. The van der Waals surface area contributed by atoms with Gasteiger partial charge >= 0.3 is 0 Å². The summed E-state index contributed by atoms with van der Waals surface area (Å²) in [5.41, 5.74) is 1.55. The van der Waals surface area contributed by atoms with Crippen LogP contribution in [0.15, 0.2) is 30.6 Å². The quantitative estimate of drug-likeness (QED) is 0.633. The van der Waals surface area contributed by atoms with Crippen molar-refractivity contribution in [2.75, 3.05) is 63.2 Å². The number of aryl methyl sites for hydroxylation is 1. The summed E-state index contributed by atoms with van der Waals surface area (Å²) in [6.07, 6.45) is 1.56. The number of amides is 1. The highest BCUT2D eigenvalue weighted by atomic mass is 32.1. The van der Waals surface area contributed by atoms with Crippen LogP contribution in [0, 0.1) is 12.7 Å². The molecule has 3 heterocycles. The minimum absolute atomic E-state index is 0.0716. The largest absolute Gasteiger partial charge is 0.366 e. The number of carbonyl (C=O) groups is 1. The van der Waals surface area contributed by atoms with Crippen LogP contribution in [0.25, 0.3) is 10.2 Å². The van der Waals surface area contributed by atoms with Crippen LogP contribution in [0.2, 0.25) is 0 Å². The van der Waals surface area contributed by atoms with Crippen LogP contribution in [0.4, 0.5) is 15.9 Å². The van der Waals surface area contributed by atoms with E-state index < -0.39 is 0 Å². The normalized spacial score (nSPS) is 14.5. The van der Waals surface area contributed by atoms with Gasteiger partial charge in [-0.15, -0.1) is 11.3 Å². The van der Waals surface area contributed by atoms with Crippen LogP contribution in [-0.2, 0) is 0 Å². The molecule has 3 aromatic rings. The number of likely N-dealkylation sites (N-methyl/N-ethyl adjacent to an activating group) is 1. The number of para-hydroxylation sites is 1. The highest BCUT2D eigenvalue weighted by Gasteiger charge is 2.25. The molecular weight excluding hydrogens is 415 g/mol. The van der Waals surface area contributed by atoms with E-state index in [2.05, 4.69) is 25.1 Å². The minimum atomic E-state index is -0.195. The maximum absolute atomic E-state index is 14.2. The molecule has 1 aromatic carbocycles. The van der Waals surface area contributed by atoms with E-state index in [1.807, 2.05) is 38.1 Å². The molecule has 1 N–H and O–H groups in total. The fourth-order valence-electron chi connectivity index (χ4n) is 3.85. The number of aromatic nitrogens is 2. The summed E-state index contributed by atoms with van der Waals surface area (Å²) in [5, 5.41) is 3.92. The van der Waals surface area contributed by atoms with Crippen molar-refractivity contribution in [3.63, 3.8) is 0 Å². The highest BCUT2D eigenvalue weighted by molar-refractivity contribution is 7.20. The first-order valence-electron chi connectivity index (χ1n) is 10.4. The number of nitrogens with one attached hydrogen (secondary N) is 1. The Balaban J connectivity index is 1.53. The summed E-state index contributed by atoms with van der Waals surface area (Å²) in [5.74, 6) is 0.580. The van der Waals surface area contributed by atoms with E-state index in [0.29, 0.717) is 30.2 Å². The predicted molar refractivity (Wildman–Crippen MR) is 124 cm³/mol. The van der Waals surface area contributed by atoms with Crippen LogP contribution >= 0.6 is 11.3 Å². The van der Waals surface area contributed by atoms with Crippen molar-refractivity contribution in [2.45, 2.75) is 6.92 Å². The SMILES string of the molecule is Cc1c(C(=O)NCCN(C)C)sc2ncnc(N3CCN(c4ccccc4F)CC3)c12. The first-order valence-corrected chi connectivity index (χ1v) is 11.2. The minimum Gasteiger partial charge on any atom is -0.366 e. The Morgan fingerprint density at radius 1 is 1.16 bits per heavy atom. The van der Waals surface area contributed by atoms with Crippen molar-refractivity contribution in [3.8, 4) is 0 Å². The third-order valence-electron chi connectivity index (χ3n) is 5.53. The molecule has 1 aliphatic rings. The molecule has 164 valence electrons. The second-order valence-corrected chi connectivity index (χ2v) is 8.92. The number of rotatable bonds is 6. The fraction of sp³-hybridized carbons (Fsp3) is 0.409. The van der Waals surface area contributed by atoms with E-state index in [1.165, 1.54) is 17.4 Å². The number of piperazine rings is 1. The number of anilines is 2. The lowest BCUT2D eigenvalue weighted by Gasteiger charge is -2.37. The zero-order chi connectivity index (χ0) is 22.0. The van der Waals surface area contributed by atoms with Crippen LogP contribution < -0.4 is 15.1 Å². The van der Waals surface area contributed by atoms with Crippen LogP contribution in [0.5, 0.6) is 0 Å². The molecule has 0 unspecified atom stereocenters. The number of halogens is 1. The molecule has 0 aliphatic carbocycles. The molecule has 31 heavy (non-hydrogen) atoms. The van der Waals surface area contributed by atoms with Crippen LogP contribution in [-0.4, -0.2) is 74.1 Å². The first-order chi connectivity index (χ1) is 15.0. The molecule has 0 radical (unpaired) electrons. The van der Waals surface area contributed by atoms with Gasteiger partial charge in [0.1, 0.15) is 22.8 Å². The Labute approximate surface area is 185 Å². The number of carbonyl (C=O) groups excluding carboxylic acids is 1. The average Bonchev–Trinajstić information content (AvgIpc) is 3.11. The summed E-state index contributed by atoms with van der Waals surface area (Å²) in [7, 11) is 3.95. The van der Waals surface area contributed by atoms with E-state index in [1.54, 1.807) is 12.4 Å². The summed E-state index contributed by atoms with van der Waals surface area (Å²) in [6, 6.07) is 6.88. The first kappa shape index (κ1) is 21.5. The molecule has 0 bridgehead atoms. The van der Waals surface area contributed by atoms with Gasteiger partial charge in [-0.3, -0.25) is 4.79 Å². The second kappa shape index (κ2) is 9.15. The Kier molecular flexibility index (Phi) is 6.33. The second-order valence-electron chi connectivity index (χ2n) is 7.92. The van der Waals surface area contributed by atoms with Gasteiger partial charge in [0, 0.05) is 39.3 Å². The van der Waals surface area contributed by atoms with Crippen molar-refractivity contribution in [1.82, 2.24) is 20.2 Å². The van der Waals surface area contributed by atoms with E-state index in [-0.39, 0.29) is 11.7 Å². The molecule has 0 saturated carbocycles. The van der Waals surface area contributed by atoms with Gasteiger partial charge < -0.3 is 20.0 Å². The van der Waals surface area contributed by atoms with Gasteiger partial charge in [0.15, 0.2) is 0 Å². The van der Waals surface area contributed by atoms with Crippen molar-refractivity contribution < 1.29 is 9.18 Å². The molecule has 9 heteroatoms. The van der Waals surface area contributed by atoms with Crippen molar-refractivity contribution in [1.29, 1.82) is 0 Å². The number of hydrogen-bond donors (Lipinski definition) is 1. The summed E-state index contributed by atoms with van der Waals surface area (Å²) < 4.78 is 14.2. The molecule has 0 atom stereocenters. The molecule has 0 spiro atoms. The summed E-state index contributed by atoms with van der Waals surface area (Å²) in [6.45, 7) is 6.19. The Bertz CT molecular complexity index is 1080. The van der Waals surface area contributed by atoms with Gasteiger partial charge in [-0.25, -0.2) is 14.4 Å². The van der Waals surface area contributed by atoms with Crippen molar-refractivity contribution in [2.24, 2.45) is 0 Å². The fourth-order valence-corrected chi connectivity index (χ4v) is 4.91. The van der Waals surface area contributed by atoms with Crippen LogP contribution in [0.1, 0.15) is 15.2 Å². The number of benzene rings is 1. The van der Waals surface area contributed by atoms with E-state index in [0.717, 1.165) is 41.2 Å².